The van der Waals surface area contributed by atoms with Gasteiger partial charge in [-0.2, -0.15) is 0 Å². The fraction of sp³-hybridized carbons (Fsp3) is 0.500. The van der Waals surface area contributed by atoms with E-state index in [0.717, 1.165) is 16.5 Å². The second-order valence-corrected chi connectivity index (χ2v) is 7.29. The van der Waals surface area contributed by atoms with Gasteiger partial charge in [0.25, 0.3) is 0 Å². The molecule has 118 valence electrons. The quantitative estimate of drug-likeness (QED) is 0.844. The van der Waals surface area contributed by atoms with Gasteiger partial charge in [-0.1, -0.05) is 56.2 Å². The molecule has 0 spiro atoms. The molecule has 3 atom stereocenters. The van der Waals surface area contributed by atoms with Gasteiger partial charge in [-0.3, -0.25) is 0 Å². The minimum atomic E-state index is -0.316. The zero-order valence-electron chi connectivity index (χ0n) is 13.2. The highest BCUT2D eigenvalue weighted by molar-refractivity contribution is 7.20. The maximum Gasteiger partial charge on any atom is 0.413 e. The molecule has 0 aliphatic heterocycles. The highest BCUT2D eigenvalue weighted by atomic mass is 32.1. The normalized spacial score (nSPS) is 25.1. The molecule has 0 bridgehead atoms. The fourth-order valence-corrected chi connectivity index (χ4v) is 4.42. The lowest BCUT2D eigenvalue weighted by atomic mass is 9.76. The standard InChI is InChI=1S/C18H23NO2S/c1-3-13-9-6-7-12(2)17(13)19-18(20)21-16-11-14-8-4-5-10-15(14)22-16/h4-5,8,10-13,17H,3,6-7,9H2,1-2H3,(H,19,20). The Morgan fingerprint density at radius 2 is 2.18 bits per heavy atom. The molecule has 1 aromatic carbocycles. The van der Waals surface area contributed by atoms with E-state index in [1.54, 1.807) is 0 Å². The zero-order valence-corrected chi connectivity index (χ0v) is 14.0. The number of rotatable bonds is 3. The molecule has 1 aliphatic carbocycles. The van der Waals surface area contributed by atoms with Crippen molar-refractivity contribution in [1.29, 1.82) is 0 Å². The Morgan fingerprint density at radius 1 is 1.36 bits per heavy atom. The molecule has 1 fully saturated rings. The number of nitrogens with one attached hydrogen (secondary N) is 1. The van der Waals surface area contributed by atoms with Gasteiger partial charge in [-0.05, 0) is 36.1 Å². The van der Waals surface area contributed by atoms with Crippen LogP contribution in [0.5, 0.6) is 5.06 Å². The van der Waals surface area contributed by atoms with Crippen LogP contribution in [0.25, 0.3) is 10.1 Å². The second kappa shape index (κ2) is 6.69. The van der Waals surface area contributed by atoms with Gasteiger partial charge in [0, 0.05) is 16.8 Å². The van der Waals surface area contributed by atoms with E-state index in [-0.39, 0.29) is 12.1 Å². The van der Waals surface area contributed by atoms with E-state index in [4.69, 9.17) is 4.74 Å². The Morgan fingerprint density at radius 3 is 2.95 bits per heavy atom. The van der Waals surface area contributed by atoms with Gasteiger partial charge in [0.05, 0.1) is 0 Å². The first-order chi connectivity index (χ1) is 10.7. The predicted molar refractivity (Wildman–Crippen MR) is 91.6 cm³/mol. The van der Waals surface area contributed by atoms with Gasteiger partial charge >= 0.3 is 6.09 Å². The number of ether oxygens (including phenoxy) is 1. The molecule has 4 heteroatoms. The molecule has 3 nitrogen and oxygen atoms in total. The van der Waals surface area contributed by atoms with Gasteiger partial charge in [-0.25, -0.2) is 4.79 Å². The van der Waals surface area contributed by atoms with E-state index < -0.39 is 0 Å². The van der Waals surface area contributed by atoms with E-state index >= 15 is 0 Å². The molecule has 3 unspecified atom stereocenters. The van der Waals surface area contributed by atoms with Crippen molar-refractivity contribution in [3.8, 4) is 5.06 Å². The SMILES string of the molecule is CCC1CCCC(C)C1NC(=O)Oc1cc2ccccc2s1. The number of benzene rings is 1. The van der Waals surface area contributed by atoms with Crippen LogP contribution in [0.3, 0.4) is 0 Å². The molecule has 0 saturated heterocycles. The third-order valence-electron chi connectivity index (χ3n) is 4.76. The summed E-state index contributed by atoms with van der Waals surface area (Å²) < 4.78 is 6.65. The zero-order chi connectivity index (χ0) is 15.5. The number of hydrogen-bond donors (Lipinski definition) is 1. The summed E-state index contributed by atoms with van der Waals surface area (Å²) in [6.07, 6.45) is 4.45. The van der Waals surface area contributed by atoms with Crippen molar-refractivity contribution in [2.75, 3.05) is 0 Å². The lowest BCUT2D eigenvalue weighted by Gasteiger charge is -2.36. The summed E-state index contributed by atoms with van der Waals surface area (Å²) in [5.41, 5.74) is 0. The van der Waals surface area contributed by atoms with Crippen molar-refractivity contribution in [3.63, 3.8) is 0 Å². The van der Waals surface area contributed by atoms with Crippen molar-refractivity contribution >= 4 is 27.5 Å². The van der Waals surface area contributed by atoms with Crippen molar-refractivity contribution < 1.29 is 9.53 Å². The molecular weight excluding hydrogens is 294 g/mol. The Balaban J connectivity index is 1.66. The van der Waals surface area contributed by atoms with Crippen LogP contribution < -0.4 is 10.1 Å². The average Bonchev–Trinajstić information content (AvgIpc) is 2.91. The number of amides is 1. The van der Waals surface area contributed by atoms with E-state index in [9.17, 15) is 4.79 Å². The monoisotopic (exact) mass is 317 g/mol. The van der Waals surface area contributed by atoms with Crippen LogP contribution in [0.4, 0.5) is 4.79 Å². The number of thiophene rings is 1. The molecule has 22 heavy (non-hydrogen) atoms. The maximum absolute atomic E-state index is 12.2. The van der Waals surface area contributed by atoms with Gasteiger partial charge in [0.1, 0.15) is 0 Å². The molecule has 1 amide bonds. The smallest absolute Gasteiger partial charge is 0.399 e. The Bertz CT molecular complexity index is 618. The van der Waals surface area contributed by atoms with Crippen molar-refractivity contribution in [2.24, 2.45) is 11.8 Å². The Kier molecular flexibility index (Phi) is 4.67. The van der Waals surface area contributed by atoms with E-state index in [2.05, 4.69) is 19.2 Å². The van der Waals surface area contributed by atoms with Gasteiger partial charge in [0.2, 0.25) is 0 Å². The first-order valence-electron chi connectivity index (χ1n) is 8.14. The average molecular weight is 317 g/mol. The number of hydrogen-bond acceptors (Lipinski definition) is 3. The van der Waals surface area contributed by atoms with Crippen LogP contribution in [0.1, 0.15) is 39.5 Å². The predicted octanol–water partition coefficient (Wildman–Crippen LogP) is 5.20. The van der Waals surface area contributed by atoms with Crippen molar-refractivity contribution in [3.05, 3.63) is 30.3 Å². The first kappa shape index (κ1) is 15.3. The Hall–Kier alpha value is -1.55. The Labute approximate surface area is 135 Å². The molecule has 1 heterocycles. The minimum Gasteiger partial charge on any atom is -0.399 e. The molecule has 2 aromatic rings. The van der Waals surface area contributed by atoms with Crippen LogP contribution in [-0.2, 0) is 0 Å². The summed E-state index contributed by atoms with van der Waals surface area (Å²) >= 11 is 1.51. The van der Waals surface area contributed by atoms with E-state index in [1.165, 1.54) is 30.6 Å². The summed E-state index contributed by atoms with van der Waals surface area (Å²) in [5, 5.41) is 4.89. The lowest BCUT2D eigenvalue weighted by molar-refractivity contribution is 0.159. The fourth-order valence-electron chi connectivity index (χ4n) is 3.51. The lowest BCUT2D eigenvalue weighted by Crippen LogP contribution is -2.47. The maximum atomic E-state index is 12.2. The second-order valence-electron chi connectivity index (χ2n) is 6.24. The summed E-state index contributed by atoms with van der Waals surface area (Å²) in [4.78, 5) is 12.2. The molecule has 1 aliphatic rings. The van der Waals surface area contributed by atoms with Crippen LogP contribution >= 0.6 is 11.3 Å². The van der Waals surface area contributed by atoms with Crippen molar-refractivity contribution in [2.45, 2.75) is 45.6 Å². The summed E-state index contributed by atoms with van der Waals surface area (Å²) in [5.74, 6) is 1.09. The highest BCUT2D eigenvalue weighted by Gasteiger charge is 2.31. The van der Waals surface area contributed by atoms with Crippen molar-refractivity contribution in [1.82, 2.24) is 5.32 Å². The largest absolute Gasteiger partial charge is 0.413 e. The van der Waals surface area contributed by atoms with Crippen LogP contribution in [0.15, 0.2) is 30.3 Å². The molecule has 1 aromatic heterocycles. The summed E-state index contributed by atoms with van der Waals surface area (Å²) in [6, 6.07) is 10.2. The first-order valence-corrected chi connectivity index (χ1v) is 8.96. The third-order valence-corrected chi connectivity index (χ3v) is 5.75. The molecular formula is C18H23NO2S. The third kappa shape index (κ3) is 3.27. The number of fused-ring (bicyclic) bond motifs is 1. The van der Waals surface area contributed by atoms with Crippen LogP contribution in [0, 0.1) is 11.8 Å². The van der Waals surface area contributed by atoms with Gasteiger partial charge in [-0.15, -0.1) is 0 Å². The van der Waals surface area contributed by atoms with Gasteiger partial charge in [0.15, 0.2) is 5.06 Å². The number of carbonyl (C=O) groups excluding carboxylic acids is 1. The van der Waals surface area contributed by atoms with E-state index in [1.807, 2.05) is 30.3 Å². The highest BCUT2D eigenvalue weighted by Crippen LogP contribution is 2.33. The molecule has 0 radical (unpaired) electrons. The van der Waals surface area contributed by atoms with E-state index in [0.29, 0.717) is 16.9 Å². The van der Waals surface area contributed by atoms with Gasteiger partial charge < -0.3 is 10.1 Å². The molecule has 1 saturated carbocycles. The molecule has 3 rings (SSSR count). The number of carbonyl (C=O) groups is 1. The minimum absolute atomic E-state index is 0.237. The molecule has 1 N–H and O–H groups in total. The van der Waals surface area contributed by atoms with Crippen LogP contribution in [0.2, 0.25) is 0 Å². The van der Waals surface area contributed by atoms with Crippen LogP contribution in [-0.4, -0.2) is 12.1 Å². The summed E-state index contributed by atoms with van der Waals surface area (Å²) in [6.45, 7) is 4.43. The summed E-state index contributed by atoms with van der Waals surface area (Å²) in [7, 11) is 0. The topological polar surface area (TPSA) is 38.3 Å².